The topological polar surface area (TPSA) is 21.3 Å². The van der Waals surface area contributed by atoms with Crippen LogP contribution < -0.4 is 10.1 Å². The summed E-state index contributed by atoms with van der Waals surface area (Å²) < 4.78 is 7.00. The predicted molar refractivity (Wildman–Crippen MR) is 87.8 cm³/mol. The first-order valence-electron chi connectivity index (χ1n) is 6.57. The lowest BCUT2D eigenvalue weighted by molar-refractivity contribution is 0.463. The fraction of sp³-hybridized carbons (Fsp3) is 0.250. The van der Waals surface area contributed by atoms with E-state index in [4.69, 9.17) is 16.3 Å². The average Bonchev–Trinajstić information content (AvgIpc) is 2.43. The molecule has 1 N–H and O–H groups in total. The van der Waals surface area contributed by atoms with Gasteiger partial charge in [0.1, 0.15) is 11.5 Å². The summed E-state index contributed by atoms with van der Waals surface area (Å²) in [6, 6.07) is 13.7. The molecule has 0 aliphatic rings. The zero-order valence-electron chi connectivity index (χ0n) is 11.5. The van der Waals surface area contributed by atoms with Crippen LogP contribution in [0.15, 0.2) is 46.9 Å². The molecule has 4 heteroatoms. The minimum Gasteiger partial charge on any atom is -0.455 e. The van der Waals surface area contributed by atoms with Gasteiger partial charge in [-0.05, 0) is 43.8 Å². The Balaban J connectivity index is 2.34. The molecule has 20 heavy (non-hydrogen) atoms. The maximum Gasteiger partial charge on any atom is 0.146 e. The van der Waals surface area contributed by atoms with Crippen molar-refractivity contribution in [1.82, 2.24) is 5.32 Å². The second-order valence-electron chi connectivity index (χ2n) is 4.49. The van der Waals surface area contributed by atoms with E-state index in [-0.39, 0.29) is 6.04 Å². The molecule has 1 atom stereocenters. The molecule has 2 nitrogen and oxygen atoms in total. The van der Waals surface area contributed by atoms with Crippen molar-refractivity contribution in [2.24, 2.45) is 0 Å². The molecule has 0 saturated heterocycles. The van der Waals surface area contributed by atoms with E-state index < -0.39 is 0 Å². The third-order valence-electron chi connectivity index (χ3n) is 3.01. The number of halogens is 2. The summed E-state index contributed by atoms with van der Waals surface area (Å²) in [4.78, 5) is 0. The van der Waals surface area contributed by atoms with E-state index in [0.717, 1.165) is 22.3 Å². The van der Waals surface area contributed by atoms with Gasteiger partial charge in [0, 0.05) is 16.1 Å². The van der Waals surface area contributed by atoms with E-state index in [0.29, 0.717) is 10.8 Å². The SMILES string of the molecule is CCNC(C)c1cc(Br)ccc1Oc1ccccc1Cl. The summed E-state index contributed by atoms with van der Waals surface area (Å²) in [6.07, 6.45) is 0. The summed E-state index contributed by atoms with van der Waals surface area (Å²) in [5, 5.41) is 4.00. The highest BCUT2D eigenvalue weighted by Crippen LogP contribution is 2.34. The highest BCUT2D eigenvalue weighted by atomic mass is 79.9. The molecule has 1 unspecified atom stereocenters. The molecule has 106 valence electrons. The van der Waals surface area contributed by atoms with Crippen molar-refractivity contribution in [2.75, 3.05) is 6.54 Å². The first-order valence-corrected chi connectivity index (χ1v) is 7.74. The predicted octanol–water partition coefficient (Wildman–Crippen LogP) is 5.57. The average molecular weight is 355 g/mol. The standard InChI is InChI=1S/C16H17BrClNO/c1-3-19-11(2)13-10-12(17)8-9-15(13)20-16-7-5-4-6-14(16)18/h4-11,19H,3H2,1-2H3. The molecule has 2 rings (SSSR count). The minimum absolute atomic E-state index is 0.204. The third kappa shape index (κ3) is 3.75. The molecule has 0 spiro atoms. The van der Waals surface area contributed by atoms with Crippen LogP contribution in [0.1, 0.15) is 25.5 Å². The Morgan fingerprint density at radius 3 is 2.65 bits per heavy atom. The van der Waals surface area contributed by atoms with Crippen molar-refractivity contribution in [2.45, 2.75) is 19.9 Å². The van der Waals surface area contributed by atoms with Gasteiger partial charge in [-0.3, -0.25) is 0 Å². The van der Waals surface area contributed by atoms with Crippen molar-refractivity contribution in [3.8, 4) is 11.5 Å². The lowest BCUT2D eigenvalue weighted by Gasteiger charge is -2.18. The van der Waals surface area contributed by atoms with E-state index in [1.165, 1.54) is 0 Å². The molecule has 0 saturated carbocycles. The molecule has 0 fully saturated rings. The van der Waals surface area contributed by atoms with Gasteiger partial charge >= 0.3 is 0 Å². The molecule has 0 aromatic heterocycles. The number of hydrogen-bond donors (Lipinski definition) is 1. The van der Waals surface area contributed by atoms with Crippen LogP contribution in [0.2, 0.25) is 5.02 Å². The Morgan fingerprint density at radius 2 is 1.95 bits per heavy atom. The van der Waals surface area contributed by atoms with E-state index in [1.807, 2.05) is 36.4 Å². The molecular formula is C16H17BrClNO. The van der Waals surface area contributed by atoms with Crippen molar-refractivity contribution < 1.29 is 4.74 Å². The maximum atomic E-state index is 6.15. The first-order chi connectivity index (χ1) is 9.61. The van der Waals surface area contributed by atoms with Crippen molar-refractivity contribution >= 4 is 27.5 Å². The summed E-state index contributed by atoms with van der Waals surface area (Å²) in [7, 11) is 0. The summed E-state index contributed by atoms with van der Waals surface area (Å²) in [5.41, 5.74) is 1.10. The zero-order valence-corrected chi connectivity index (χ0v) is 13.8. The molecule has 0 amide bonds. The molecule has 2 aromatic carbocycles. The fourth-order valence-corrected chi connectivity index (χ4v) is 2.57. The molecule has 0 heterocycles. The Morgan fingerprint density at radius 1 is 1.20 bits per heavy atom. The Hall–Kier alpha value is -1.03. The van der Waals surface area contributed by atoms with Crippen LogP contribution >= 0.6 is 27.5 Å². The van der Waals surface area contributed by atoms with Crippen molar-refractivity contribution in [1.29, 1.82) is 0 Å². The molecular weight excluding hydrogens is 338 g/mol. The molecule has 2 aromatic rings. The van der Waals surface area contributed by atoms with E-state index >= 15 is 0 Å². The van der Waals surface area contributed by atoms with Crippen LogP contribution in [0, 0.1) is 0 Å². The van der Waals surface area contributed by atoms with Gasteiger partial charge in [-0.15, -0.1) is 0 Å². The fourth-order valence-electron chi connectivity index (χ4n) is 2.01. The van der Waals surface area contributed by atoms with Crippen molar-refractivity contribution in [3.63, 3.8) is 0 Å². The van der Waals surface area contributed by atoms with Gasteiger partial charge in [0.2, 0.25) is 0 Å². The van der Waals surface area contributed by atoms with Gasteiger partial charge < -0.3 is 10.1 Å². The summed E-state index contributed by atoms with van der Waals surface area (Å²) in [6.45, 7) is 5.10. The van der Waals surface area contributed by atoms with E-state index in [1.54, 1.807) is 0 Å². The number of hydrogen-bond acceptors (Lipinski definition) is 2. The van der Waals surface area contributed by atoms with Crippen LogP contribution in [-0.2, 0) is 0 Å². The second-order valence-corrected chi connectivity index (χ2v) is 5.82. The Bertz CT molecular complexity index is 588. The quantitative estimate of drug-likeness (QED) is 0.758. The molecule has 0 radical (unpaired) electrons. The first kappa shape index (κ1) is 15.4. The smallest absolute Gasteiger partial charge is 0.146 e. The van der Waals surface area contributed by atoms with Gasteiger partial charge in [-0.2, -0.15) is 0 Å². The summed E-state index contributed by atoms with van der Waals surface area (Å²) >= 11 is 9.65. The molecule has 0 aliphatic carbocycles. The molecule has 0 aliphatic heterocycles. The maximum absolute atomic E-state index is 6.15. The number of nitrogens with one attached hydrogen (secondary N) is 1. The zero-order chi connectivity index (χ0) is 14.5. The van der Waals surface area contributed by atoms with Crippen molar-refractivity contribution in [3.05, 3.63) is 57.5 Å². The highest BCUT2D eigenvalue weighted by molar-refractivity contribution is 9.10. The second kappa shape index (κ2) is 7.11. The summed E-state index contributed by atoms with van der Waals surface area (Å²) in [5.74, 6) is 1.48. The lowest BCUT2D eigenvalue weighted by Crippen LogP contribution is -2.18. The number of benzene rings is 2. The highest BCUT2D eigenvalue weighted by Gasteiger charge is 2.13. The Kier molecular flexibility index (Phi) is 5.46. The van der Waals surface area contributed by atoms with Gasteiger partial charge in [-0.25, -0.2) is 0 Å². The van der Waals surface area contributed by atoms with Crippen LogP contribution in [-0.4, -0.2) is 6.54 Å². The van der Waals surface area contributed by atoms with Crippen LogP contribution in [0.3, 0.4) is 0 Å². The number of ether oxygens (including phenoxy) is 1. The van der Waals surface area contributed by atoms with Gasteiger partial charge in [0.15, 0.2) is 0 Å². The monoisotopic (exact) mass is 353 g/mol. The largest absolute Gasteiger partial charge is 0.455 e. The van der Waals surface area contributed by atoms with Gasteiger partial charge in [0.25, 0.3) is 0 Å². The number of rotatable bonds is 5. The minimum atomic E-state index is 0.204. The van der Waals surface area contributed by atoms with Crippen LogP contribution in [0.4, 0.5) is 0 Å². The van der Waals surface area contributed by atoms with E-state index in [9.17, 15) is 0 Å². The lowest BCUT2D eigenvalue weighted by atomic mass is 10.1. The van der Waals surface area contributed by atoms with Gasteiger partial charge in [-0.1, -0.05) is 46.6 Å². The molecule has 0 bridgehead atoms. The van der Waals surface area contributed by atoms with Gasteiger partial charge in [0.05, 0.1) is 5.02 Å². The normalized spacial score (nSPS) is 12.2. The Labute approximate surface area is 133 Å². The third-order valence-corrected chi connectivity index (χ3v) is 3.81. The van der Waals surface area contributed by atoms with E-state index in [2.05, 4.69) is 41.2 Å². The number of para-hydroxylation sites is 1. The van der Waals surface area contributed by atoms with Crippen LogP contribution in [0.5, 0.6) is 11.5 Å². The van der Waals surface area contributed by atoms with Crippen LogP contribution in [0.25, 0.3) is 0 Å².